The summed E-state index contributed by atoms with van der Waals surface area (Å²) in [6.07, 6.45) is 3.32. The Labute approximate surface area is 127 Å². The highest BCUT2D eigenvalue weighted by Crippen LogP contribution is 2.35. The van der Waals surface area contributed by atoms with Gasteiger partial charge < -0.3 is 0 Å². The van der Waals surface area contributed by atoms with Gasteiger partial charge in [0.2, 0.25) is 0 Å². The second kappa shape index (κ2) is 6.58. The first-order valence-electron chi connectivity index (χ1n) is 7.23. The zero-order valence-corrected chi connectivity index (χ0v) is 13.3. The second-order valence-electron chi connectivity index (χ2n) is 5.64. The van der Waals surface area contributed by atoms with E-state index in [1.54, 1.807) is 13.0 Å². The molecule has 0 amide bonds. The van der Waals surface area contributed by atoms with Crippen LogP contribution >= 0.6 is 0 Å². The fourth-order valence-corrected chi connectivity index (χ4v) is 4.63. The summed E-state index contributed by atoms with van der Waals surface area (Å²) in [6.45, 7) is 5.81. The topological polar surface area (TPSA) is 37.4 Å². The molecule has 1 saturated heterocycles. The van der Waals surface area contributed by atoms with Gasteiger partial charge in [-0.1, -0.05) is 36.4 Å². The van der Waals surface area contributed by atoms with Gasteiger partial charge in [-0.15, -0.1) is 6.58 Å². The molecule has 0 saturated carbocycles. The summed E-state index contributed by atoms with van der Waals surface area (Å²) in [7, 11) is -2.43. The van der Waals surface area contributed by atoms with Crippen molar-refractivity contribution in [1.82, 2.24) is 4.31 Å². The van der Waals surface area contributed by atoms with Crippen molar-refractivity contribution in [2.24, 2.45) is 5.92 Å². The van der Waals surface area contributed by atoms with Crippen LogP contribution in [0.1, 0.15) is 31.4 Å². The van der Waals surface area contributed by atoms with E-state index < -0.39 is 9.71 Å². The van der Waals surface area contributed by atoms with Crippen LogP contribution in [0.3, 0.4) is 0 Å². The van der Waals surface area contributed by atoms with Crippen LogP contribution in [0.2, 0.25) is 0 Å². The maximum absolute atomic E-state index is 12.9. The second-order valence-corrected chi connectivity index (χ2v) is 7.99. The Morgan fingerprint density at radius 1 is 1.38 bits per heavy atom. The normalized spacial score (nSPS) is 26.0. The van der Waals surface area contributed by atoms with Crippen molar-refractivity contribution in [3.63, 3.8) is 0 Å². The third kappa shape index (κ3) is 3.63. The third-order valence-electron chi connectivity index (χ3n) is 4.10. The van der Waals surface area contributed by atoms with E-state index in [0.29, 0.717) is 12.3 Å². The van der Waals surface area contributed by atoms with Crippen molar-refractivity contribution in [3.05, 3.63) is 48.6 Å². The molecular weight excluding hydrogens is 282 g/mol. The van der Waals surface area contributed by atoms with Crippen LogP contribution in [0.4, 0.5) is 0 Å². The minimum absolute atomic E-state index is 0.0441. The van der Waals surface area contributed by atoms with Crippen LogP contribution in [0.25, 0.3) is 0 Å². The Morgan fingerprint density at radius 3 is 2.62 bits per heavy atom. The minimum Gasteiger partial charge on any atom is -0.300 e. The number of carbonyl (C=O) groups is 1. The average molecular weight is 305 g/mol. The van der Waals surface area contributed by atoms with Gasteiger partial charge in [-0.25, -0.2) is 4.31 Å². The lowest BCUT2D eigenvalue weighted by molar-refractivity contribution is -0.122. The van der Waals surface area contributed by atoms with Crippen LogP contribution in [-0.4, -0.2) is 32.5 Å². The summed E-state index contributed by atoms with van der Waals surface area (Å²) >= 11 is 0. The lowest BCUT2D eigenvalue weighted by Crippen LogP contribution is -2.44. The molecule has 1 aromatic carbocycles. The van der Waals surface area contributed by atoms with E-state index in [4.69, 9.17) is 0 Å². The van der Waals surface area contributed by atoms with Gasteiger partial charge in [0.15, 0.2) is 0 Å². The number of hydrogen-bond acceptors (Lipinski definition) is 2. The Bertz CT molecular complexity index is 607. The summed E-state index contributed by atoms with van der Waals surface area (Å²) in [5.74, 6) is 4.40. The van der Waals surface area contributed by atoms with Gasteiger partial charge in [0.05, 0.1) is 0 Å². The zero-order valence-electron chi connectivity index (χ0n) is 12.5. The van der Waals surface area contributed by atoms with Gasteiger partial charge >= 0.3 is 0 Å². The highest BCUT2D eigenvalue weighted by molar-refractivity contribution is 7.98. The predicted molar refractivity (Wildman–Crippen MR) is 89.6 cm³/mol. The van der Waals surface area contributed by atoms with Gasteiger partial charge in [-0.05, 0) is 31.2 Å². The average Bonchev–Trinajstić information content (AvgIpc) is 2.47. The number of ketones is 1. The summed E-state index contributed by atoms with van der Waals surface area (Å²) in [5.41, 5.74) is 1.14. The first-order chi connectivity index (χ1) is 9.95. The first kappa shape index (κ1) is 16.0. The highest BCUT2D eigenvalue weighted by atomic mass is 32.2. The molecule has 1 aliphatic rings. The monoisotopic (exact) mass is 305 g/mol. The van der Waals surface area contributed by atoms with Crippen molar-refractivity contribution in [1.29, 1.82) is 0 Å². The molecule has 1 aliphatic heterocycles. The van der Waals surface area contributed by atoms with Gasteiger partial charge in [0, 0.05) is 34.0 Å². The Balaban J connectivity index is 2.35. The maximum atomic E-state index is 12.9. The molecule has 1 aromatic rings. The number of carbonyl (C=O) groups excluding carboxylic acids is 1. The summed E-state index contributed by atoms with van der Waals surface area (Å²) < 4.78 is 14.9. The molecule has 0 aliphatic carbocycles. The minimum atomic E-state index is -2.43. The zero-order chi connectivity index (χ0) is 15.5. The number of hydrogen-bond donors (Lipinski definition) is 0. The van der Waals surface area contributed by atoms with Crippen molar-refractivity contribution >= 4 is 21.4 Å². The van der Waals surface area contributed by atoms with Crippen molar-refractivity contribution in [2.45, 2.75) is 25.8 Å². The molecule has 4 heteroatoms. The molecular formula is C17H23NO2S. The van der Waals surface area contributed by atoms with E-state index in [9.17, 15) is 9.00 Å². The Morgan fingerprint density at radius 2 is 2.05 bits per heavy atom. The van der Waals surface area contributed by atoms with E-state index in [-0.39, 0.29) is 17.7 Å². The molecule has 2 rings (SSSR count). The largest absolute Gasteiger partial charge is 0.300 e. The molecule has 0 bridgehead atoms. The summed E-state index contributed by atoms with van der Waals surface area (Å²) in [5, 5.41) is 0. The van der Waals surface area contributed by atoms with E-state index in [1.807, 2.05) is 22.5 Å². The smallest absolute Gasteiger partial charge is 0.134 e. The third-order valence-corrected chi connectivity index (χ3v) is 6.12. The molecule has 114 valence electrons. The van der Waals surface area contributed by atoms with Crippen molar-refractivity contribution in [2.75, 3.05) is 12.3 Å². The maximum Gasteiger partial charge on any atom is 0.134 e. The highest BCUT2D eigenvalue weighted by Gasteiger charge is 2.35. The van der Waals surface area contributed by atoms with Gasteiger partial charge in [0.1, 0.15) is 5.78 Å². The van der Waals surface area contributed by atoms with E-state index in [1.165, 1.54) is 0 Å². The number of piperidine rings is 1. The fourth-order valence-electron chi connectivity index (χ4n) is 2.93. The Hall–Kier alpha value is -1.39. The summed E-state index contributed by atoms with van der Waals surface area (Å²) in [4.78, 5) is 11.7. The molecule has 0 aromatic heterocycles. The lowest BCUT2D eigenvalue weighted by atomic mass is 9.89. The molecule has 0 N–H and O–H groups in total. The fraction of sp³-hybridized carbons (Fsp3) is 0.412. The van der Waals surface area contributed by atoms with Crippen LogP contribution in [0, 0.1) is 5.92 Å². The number of rotatable bonds is 5. The first-order valence-corrected chi connectivity index (χ1v) is 9.09. The molecule has 0 radical (unpaired) electrons. The molecule has 1 heterocycles. The van der Waals surface area contributed by atoms with Crippen molar-refractivity contribution in [3.8, 4) is 0 Å². The van der Waals surface area contributed by atoms with Gasteiger partial charge in [-0.3, -0.25) is 9.00 Å². The van der Waals surface area contributed by atoms with Crippen LogP contribution < -0.4 is 0 Å². The molecule has 3 nitrogen and oxygen atoms in total. The Kier molecular flexibility index (Phi) is 5.01. The number of nitrogens with zero attached hydrogens (tertiary/aromatic N) is 1. The number of benzene rings is 1. The predicted octanol–water partition coefficient (Wildman–Crippen LogP) is 2.85. The quantitative estimate of drug-likeness (QED) is 0.619. The molecule has 2 unspecified atom stereocenters. The van der Waals surface area contributed by atoms with Crippen LogP contribution in [0.15, 0.2) is 43.0 Å². The molecule has 1 fully saturated rings. The van der Waals surface area contributed by atoms with E-state index >= 15 is 0 Å². The number of Topliss-reactive ketones (excluding diaryl/α,β-unsaturated/α-hetero) is 1. The van der Waals surface area contributed by atoms with Crippen molar-refractivity contribution < 1.29 is 9.00 Å². The molecule has 0 spiro atoms. The lowest BCUT2D eigenvalue weighted by Gasteiger charge is -2.40. The van der Waals surface area contributed by atoms with E-state index in [0.717, 1.165) is 18.4 Å². The van der Waals surface area contributed by atoms with Crippen LogP contribution in [-0.2, 0) is 14.5 Å². The SMILES string of the molecule is C=CCS(=C)(=O)N1CC(C(C)=O)CC[C@@H]1c1ccccc1. The van der Waals surface area contributed by atoms with Crippen LogP contribution in [0.5, 0.6) is 0 Å². The summed E-state index contributed by atoms with van der Waals surface area (Å²) in [6, 6.07) is 10.1. The molecule has 21 heavy (non-hydrogen) atoms. The van der Waals surface area contributed by atoms with Gasteiger partial charge in [-0.2, -0.15) is 0 Å². The standard InChI is InChI=1S/C17H23NO2S/c1-4-12-21(3,20)18-13-16(14(2)19)10-11-17(18)15-8-6-5-7-9-15/h4-9,16-17H,1,3,10-13H2,2H3/t16?,17-,21?/m1/s1. The van der Waals surface area contributed by atoms with E-state index in [2.05, 4.69) is 24.6 Å². The molecule has 3 atom stereocenters. The van der Waals surface area contributed by atoms with Gasteiger partial charge in [0.25, 0.3) is 0 Å².